The standard InChI is InChI=1S/C20H25BrN2O2/c1-20(2,16-8-4-3-5-9-16)11-12-22-19(25)23-14-18(24)15-7-6-10-17(21)13-15/h3-10,13,18,24H,11-12,14H2,1-2H3,(H2,22,23,25)/t18-/m1/s1. The number of carbonyl (C=O) groups excluding carboxylic acids is 1. The minimum atomic E-state index is -0.732. The molecule has 0 aromatic heterocycles. The maximum Gasteiger partial charge on any atom is 0.314 e. The molecule has 1 atom stereocenters. The van der Waals surface area contributed by atoms with Crippen LogP contribution in [-0.4, -0.2) is 24.2 Å². The molecule has 2 amide bonds. The first-order chi connectivity index (χ1) is 11.9. The van der Waals surface area contributed by atoms with Crippen LogP contribution in [0.4, 0.5) is 4.79 Å². The molecule has 0 saturated carbocycles. The summed E-state index contributed by atoms with van der Waals surface area (Å²) >= 11 is 3.37. The fraction of sp³-hybridized carbons (Fsp3) is 0.350. The van der Waals surface area contributed by atoms with Gasteiger partial charge in [0.1, 0.15) is 0 Å². The fourth-order valence-corrected chi connectivity index (χ4v) is 3.02. The summed E-state index contributed by atoms with van der Waals surface area (Å²) in [6, 6.07) is 17.4. The Balaban J connectivity index is 1.74. The summed E-state index contributed by atoms with van der Waals surface area (Å²) in [6.07, 6.45) is 0.0996. The van der Waals surface area contributed by atoms with Crippen LogP contribution < -0.4 is 10.6 Å². The summed E-state index contributed by atoms with van der Waals surface area (Å²) in [5.41, 5.74) is 2.01. The third-order valence-electron chi connectivity index (χ3n) is 4.28. The number of nitrogens with one attached hydrogen (secondary N) is 2. The highest BCUT2D eigenvalue weighted by molar-refractivity contribution is 9.10. The van der Waals surface area contributed by atoms with Gasteiger partial charge in [-0.05, 0) is 35.1 Å². The molecule has 2 aromatic carbocycles. The van der Waals surface area contributed by atoms with E-state index in [0.29, 0.717) is 6.54 Å². The van der Waals surface area contributed by atoms with E-state index in [1.54, 1.807) is 0 Å². The van der Waals surface area contributed by atoms with Crippen LogP contribution in [0.1, 0.15) is 37.5 Å². The van der Waals surface area contributed by atoms with Gasteiger partial charge in [0.15, 0.2) is 0 Å². The number of rotatable bonds is 7. The Hall–Kier alpha value is -1.85. The molecule has 0 aliphatic rings. The predicted molar refractivity (Wildman–Crippen MR) is 105 cm³/mol. The minimum absolute atomic E-state index is 0.00955. The summed E-state index contributed by atoms with van der Waals surface area (Å²) in [6.45, 7) is 5.07. The van der Waals surface area contributed by atoms with Crippen molar-refractivity contribution in [2.24, 2.45) is 0 Å². The Morgan fingerprint density at radius 1 is 1.12 bits per heavy atom. The van der Waals surface area contributed by atoms with Crippen molar-refractivity contribution in [3.05, 3.63) is 70.2 Å². The van der Waals surface area contributed by atoms with Crippen LogP contribution in [0.2, 0.25) is 0 Å². The monoisotopic (exact) mass is 404 g/mol. The van der Waals surface area contributed by atoms with E-state index in [9.17, 15) is 9.90 Å². The molecule has 0 radical (unpaired) electrons. The lowest BCUT2D eigenvalue weighted by Crippen LogP contribution is -2.39. The molecule has 0 unspecified atom stereocenters. The Kier molecular flexibility index (Phi) is 7.02. The SMILES string of the molecule is CC(C)(CCNC(=O)NC[C@@H](O)c1cccc(Br)c1)c1ccccc1. The van der Waals surface area contributed by atoms with Crippen molar-refractivity contribution in [3.63, 3.8) is 0 Å². The number of hydrogen-bond donors (Lipinski definition) is 3. The Morgan fingerprint density at radius 2 is 1.84 bits per heavy atom. The number of aliphatic hydroxyl groups is 1. The second-order valence-corrected chi connectivity index (χ2v) is 7.62. The molecule has 0 aliphatic heterocycles. The highest BCUT2D eigenvalue weighted by Gasteiger charge is 2.20. The van der Waals surface area contributed by atoms with Gasteiger partial charge in [0.25, 0.3) is 0 Å². The second kappa shape index (κ2) is 9.02. The Labute approximate surface area is 157 Å². The Morgan fingerprint density at radius 3 is 2.52 bits per heavy atom. The number of carbonyl (C=O) groups is 1. The van der Waals surface area contributed by atoms with Crippen LogP contribution in [0.25, 0.3) is 0 Å². The number of hydrogen-bond acceptors (Lipinski definition) is 2. The topological polar surface area (TPSA) is 61.4 Å². The van der Waals surface area contributed by atoms with Gasteiger partial charge in [-0.3, -0.25) is 0 Å². The molecule has 4 nitrogen and oxygen atoms in total. The summed E-state index contributed by atoms with van der Waals surface area (Å²) in [5, 5.41) is 15.7. The second-order valence-electron chi connectivity index (χ2n) is 6.71. The summed E-state index contributed by atoms with van der Waals surface area (Å²) in [5.74, 6) is 0. The zero-order valence-corrected chi connectivity index (χ0v) is 16.2. The largest absolute Gasteiger partial charge is 0.387 e. The number of aliphatic hydroxyl groups excluding tert-OH is 1. The van der Waals surface area contributed by atoms with Crippen molar-refractivity contribution in [1.82, 2.24) is 10.6 Å². The van der Waals surface area contributed by atoms with Crippen molar-refractivity contribution < 1.29 is 9.90 Å². The quantitative estimate of drug-likeness (QED) is 0.648. The number of halogens is 1. The lowest BCUT2D eigenvalue weighted by Gasteiger charge is -2.25. The van der Waals surface area contributed by atoms with Crippen molar-refractivity contribution in [1.29, 1.82) is 0 Å². The van der Waals surface area contributed by atoms with E-state index in [4.69, 9.17) is 0 Å². The molecule has 0 saturated heterocycles. The molecule has 5 heteroatoms. The van der Waals surface area contributed by atoms with Crippen LogP contribution >= 0.6 is 15.9 Å². The summed E-state index contributed by atoms with van der Waals surface area (Å²) in [7, 11) is 0. The van der Waals surface area contributed by atoms with Gasteiger partial charge in [-0.15, -0.1) is 0 Å². The molecule has 25 heavy (non-hydrogen) atoms. The van der Waals surface area contributed by atoms with E-state index in [1.165, 1.54) is 5.56 Å². The van der Waals surface area contributed by atoms with E-state index in [2.05, 4.69) is 52.5 Å². The van der Waals surface area contributed by atoms with Gasteiger partial charge in [0, 0.05) is 17.6 Å². The lowest BCUT2D eigenvalue weighted by molar-refractivity contribution is 0.173. The highest BCUT2D eigenvalue weighted by atomic mass is 79.9. The summed E-state index contributed by atoms with van der Waals surface area (Å²) in [4.78, 5) is 11.9. The lowest BCUT2D eigenvalue weighted by atomic mass is 9.82. The molecule has 0 heterocycles. The number of urea groups is 1. The minimum Gasteiger partial charge on any atom is -0.387 e. The van der Waals surface area contributed by atoms with E-state index in [1.807, 2.05) is 42.5 Å². The van der Waals surface area contributed by atoms with Gasteiger partial charge in [0.05, 0.1) is 6.10 Å². The third kappa shape index (κ3) is 6.18. The molecule has 0 spiro atoms. The average molecular weight is 405 g/mol. The first kappa shape index (κ1) is 19.5. The average Bonchev–Trinajstić information content (AvgIpc) is 2.60. The van der Waals surface area contributed by atoms with Gasteiger partial charge >= 0.3 is 6.03 Å². The summed E-state index contributed by atoms with van der Waals surface area (Å²) < 4.78 is 0.900. The van der Waals surface area contributed by atoms with Gasteiger partial charge in [-0.25, -0.2) is 4.79 Å². The number of benzene rings is 2. The van der Waals surface area contributed by atoms with Crippen LogP contribution in [0.15, 0.2) is 59.1 Å². The van der Waals surface area contributed by atoms with Crippen LogP contribution in [0, 0.1) is 0 Å². The van der Waals surface area contributed by atoms with E-state index >= 15 is 0 Å². The first-order valence-electron chi connectivity index (χ1n) is 8.39. The van der Waals surface area contributed by atoms with E-state index < -0.39 is 6.10 Å². The van der Waals surface area contributed by atoms with Crippen molar-refractivity contribution in [2.75, 3.05) is 13.1 Å². The van der Waals surface area contributed by atoms with Gasteiger partial charge in [-0.1, -0.05) is 72.2 Å². The molecule has 2 aromatic rings. The molecular weight excluding hydrogens is 380 g/mol. The first-order valence-corrected chi connectivity index (χ1v) is 9.18. The molecule has 134 valence electrons. The molecule has 0 fully saturated rings. The van der Waals surface area contributed by atoms with E-state index in [0.717, 1.165) is 16.5 Å². The fourth-order valence-electron chi connectivity index (χ4n) is 2.61. The van der Waals surface area contributed by atoms with Crippen LogP contribution in [0.5, 0.6) is 0 Å². The van der Waals surface area contributed by atoms with Crippen molar-refractivity contribution in [3.8, 4) is 0 Å². The van der Waals surface area contributed by atoms with Crippen LogP contribution in [-0.2, 0) is 5.41 Å². The van der Waals surface area contributed by atoms with E-state index in [-0.39, 0.29) is 18.0 Å². The van der Waals surface area contributed by atoms with Crippen molar-refractivity contribution >= 4 is 22.0 Å². The smallest absolute Gasteiger partial charge is 0.314 e. The van der Waals surface area contributed by atoms with Crippen molar-refractivity contribution in [2.45, 2.75) is 31.8 Å². The zero-order valence-electron chi connectivity index (χ0n) is 14.6. The zero-order chi connectivity index (χ0) is 18.3. The van der Waals surface area contributed by atoms with Crippen LogP contribution in [0.3, 0.4) is 0 Å². The predicted octanol–water partition coefficient (Wildman–Crippen LogP) is 4.15. The van der Waals surface area contributed by atoms with Gasteiger partial charge in [0.2, 0.25) is 0 Å². The molecular formula is C20H25BrN2O2. The molecule has 0 bridgehead atoms. The maximum atomic E-state index is 11.9. The van der Waals surface area contributed by atoms with Gasteiger partial charge in [-0.2, -0.15) is 0 Å². The number of amides is 2. The third-order valence-corrected chi connectivity index (χ3v) is 4.77. The Bertz CT molecular complexity index is 689. The maximum absolute atomic E-state index is 11.9. The molecule has 3 N–H and O–H groups in total. The highest BCUT2D eigenvalue weighted by Crippen LogP contribution is 2.26. The molecule has 0 aliphatic carbocycles. The normalized spacial score (nSPS) is 12.5. The van der Waals surface area contributed by atoms with Gasteiger partial charge < -0.3 is 15.7 Å². The molecule has 2 rings (SSSR count).